The molecule has 0 saturated carbocycles. The second-order valence-electron chi connectivity index (χ2n) is 8.52. The predicted molar refractivity (Wildman–Crippen MR) is 103 cm³/mol. The Morgan fingerprint density at radius 3 is 2.70 bits per heavy atom. The lowest BCUT2D eigenvalue weighted by molar-refractivity contribution is -0.137. The summed E-state index contributed by atoms with van der Waals surface area (Å²) in [5.74, 6) is 0.449. The van der Waals surface area contributed by atoms with Crippen molar-refractivity contribution in [2.24, 2.45) is 11.3 Å². The molecule has 0 aromatic carbocycles. The van der Waals surface area contributed by atoms with Crippen molar-refractivity contribution in [2.75, 3.05) is 45.8 Å². The van der Waals surface area contributed by atoms with Gasteiger partial charge in [-0.15, -0.1) is 0 Å². The van der Waals surface area contributed by atoms with Crippen molar-refractivity contribution in [3.8, 4) is 0 Å². The first-order valence-corrected chi connectivity index (χ1v) is 10.2. The number of hydrogen-bond acceptors (Lipinski definition) is 4. The van der Waals surface area contributed by atoms with Crippen LogP contribution in [0.3, 0.4) is 0 Å². The molecule has 3 saturated heterocycles. The highest BCUT2D eigenvalue weighted by atomic mass is 16.2. The molecule has 4 rings (SSSR count). The number of amides is 2. The fourth-order valence-corrected chi connectivity index (χ4v) is 4.94. The predicted octanol–water partition coefficient (Wildman–Crippen LogP) is 1.80. The van der Waals surface area contributed by atoms with Gasteiger partial charge in [0.2, 0.25) is 5.91 Å². The molecule has 0 radical (unpaired) electrons. The highest BCUT2D eigenvalue weighted by Crippen LogP contribution is 2.45. The molecule has 0 bridgehead atoms. The number of rotatable bonds is 4. The molecule has 3 fully saturated rings. The zero-order chi connectivity index (χ0) is 19.0. The fourth-order valence-electron chi connectivity index (χ4n) is 4.94. The van der Waals surface area contributed by atoms with Gasteiger partial charge in [-0.25, -0.2) is 0 Å². The lowest BCUT2D eigenvalue weighted by Gasteiger charge is -2.27. The van der Waals surface area contributed by atoms with Crippen molar-refractivity contribution in [3.05, 3.63) is 29.6 Å². The number of carbonyl (C=O) groups is 2. The second-order valence-corrected chi connectivity index (χ2v) is 8.52. The van der Waals surface area contributed by atoms with Crippen molar-refractivity contribution in [2.45, 2.75) is 33.1 Å². The quantitative estimate of drug-likeness (QED) is 0.811. The Morgan fingerprint density at radius 1 is 1.22 bits per heavy atom. The summed E-state index contributed by atoms with van der Waals surface area (Å²) in [4.78, 5) is 36.7. The Bertz CT molecular complexity index is 713. The van der Waals surface area contributed by atoms with Gasteiger partial charge in [-0.1, -0.05) is 6.92 Å². The van der Waals surface area contributed by atoms with Crippen molar-refractivity contribution in [3.63, 3.8) is 0 Å². The van der Waals surface area contributed by atoms with Crippen LogP contribution in [-0.2, 0) is 4.79 Å². The molecule has 6 nitrogen and oxygen atoms in total. The SMILES string of the molecule is Cc1ccc(C(=O)N2C[C@@H](C)[C@@]3(CCN(CCN4CCCC4)C3=O)C2)cn1. The highest BCUT2D eigenvalue weighted by molar-refractivity contribution is 5.95. The molecule has 1 aromatic heterocycles. The van der Waals surface area contributed by atoms with E-state index in [1.54, 1.807) is 6.20 Å². The van der Waals surface area contributed by atoms with Crippen LogP contribution >= 0.6 is 0 Å². The number of aryl methyl sites for hydroxylation is 1. The summed E-state index contributed by atoms with van der Waals surface area (Å²) in [5.41, 5.74) is 1.12. The number of likely N-dealkylation sites (tertiary alicyclic amines) is 3. The van der Waals surface area contributed by atoms with E-state index in [0.717, 1.165) is 44.8 Å². The first kappa shape index (κ1) is 18.4. The number of pyridine rings is 1. The molecule has 1 aromatic rings. The van der Waals surface area contributed by atoms with Crippen LogP contribution in [-0.4, -0.2) is 77.3 Å². The van der Waals surface area contributed by atoms with E-state index >= 15 is 0 Å². The third-order valence-corrected chi connectivity index (χ3v) is 6.78. The first-order chi connectivity index (χ1) is 13.0. The van der Waals surface area contributed by atoms with Crippen LogP contribution in [0.2, 0.25) is 0 Å². The summed E-state index contributed by atoms with van der Waals surface area (Å²) in [6.07, 6.45) is 5.06. The Labute approximate surface area is 161 Å². The van der Waals surface area contributed by atoms with Gasteiger partial charge in [0.05, 0.1) is 11.0 Å². The van der Waals surface area contributed by atoms with Gasteiger partial charge in [-0.2, -0.15) is 0 Å². The molecule has 3 aliphatic rings. The third-order valence-electron chi connectivity index (χ3n) is 6.78. The number of nitrogens with zero attached hydrogens (tertiary/aromatic N) is 4. The van der Waals surface area contributed by atoms with Gasteiger partial charge >= 0.3 is 0 Å². The first-order valence-electron chi connectivity index (χ1n) is 10.2. The fraction of sp³-hybridized carbons (Fsp3) is 0.667. The van der Waals surface area contributed by atoms with Gasteiger partial charge < -0.3 is 14.7 Å². The van der Waals surface area contributed by atoms with Gasteiger partial charge in [-0.05, 0) is 57.3 Å². The molecular weight excluding hydrogens is 340 g/mol. The Balaban J connectivity index is 1.41. The minimum Gasteiger partial charge on any atom is -0.341 e. The second kappa shape index (κ2) is 7.23. The van der Waals surface area contributed by atoms with Crippen molar-refractivity contribution in [1.82, 2.24) is 19.7 Å². The van der Waals surface area contributed by atoms with Crippen LogP contribution in [0, 0.1) is 18.3 Å². The van der Waals surface area contributed by atoms with Crippen LogP contribution in [0.4, 0.5) is 0 Å². The summed E-state index contributed by atoms with van der Waals surface area (Å²) in [5, 5.41) is 0. The minimum absolute atomic E-state index is 0.00505. The van der Waals surface area contributed by atoms with E-state index in [1.807, 2.05) is 28.9 Å². The van der Waals surface area contributed by atoms with E-state index in [4.69, 9.17) is 0 Å². The van der Waals surface area contributed by atoms with E-state index in [2.05, 4.69) is 16.8 Å². The standard InChI is InChI=1S/C21H30N4O2/c1-16-14-25(19(26)18-6-5-17(2)22-13-18)15-21(16)7-10-24(20(21)27)12-11-23-8-3-4-9-23/h5-6,13,16H,3-4,7-12,14-15H2,1-2H3/t16-,21-/m1/s1. The zero-order valence-corrected chi connectivity index (χ0v) is 16.5. The summed E-state index contributed by atoms with van der Waals surface area (Å²) in [7, 11) is 0. The van der Waals surface area contributed by atoms with E-state index < -0.39 is 5.41 Å². The molecule has 3 aliphatic heterocycles. The normalized spacial score (nSPS) is 28.7. The number of carbonyl (C=O) groups excluding carboxylic acids is 2. The molecule has 2 amide bonds. The van der Waals surface area contributed by atoms with Crippen LogP contribution < -0.4 is 0 Å². The molecule has 0 unspecified atom stereocenters. The number of hydrogen-bond donors (Lipinski definition) is 0. The van der Waals surface area contributed by atoms with Crippen molar-refractivity contribution >= 4 is 11.8 Å². The molecule has 27 heavy (non-hydrogen) atoms. The van der Waals surface area contributed by atoms with Gasteiger partial charge in [-0.3, -0.25) is 14.6 Å². The van der Waals surface area contributed by atoms with E-state index in [9.17, 15) is 9.59 Å². The maximum atomic E-state index is 13.3. The van der Waals surface area contributed by atoms with Gasteiger partial charge in [0.25, 0.3) is 5.91 Å². The molecule has 4 heterocycles. The number of aromatic nitrogens is 1. The van der Waals surface area contributed by atoms with Crippen LogP contribution in [0.1, 0.15) is 42.2 Å². The lowest BCUT2D eigenvalue weighted by atomic mass is 9.78. The summed E-state index contributed by atoms with van der Waals surface area (Å²) >= 11 is 0. The van der Waals surface area contributed by atoms with Crippen molar-refractivity contribution in [1.29, 1.82) is 0 Å². The summed E-state index contributed by atoms with van der Waals surface area (Å²) in [6.45, 7) is 10.2. The third kappa shape index (κ3) is 3.35. The van der Waals surface area contributed by atoms with Gasteiger partial charge in [0.15, 0.2) is 0 Å². The molecule has 146 valence electrons. The van der Waals surface area contributed by atoms with Gasteiger partial charge in [0.1, 0.15) is 0 Å². The molecule has 1 spiro atoms. The topological polar surface area (TPSA) is 56.8 Å². The molecular formula is C21H30N4O2. The van der Waals surface area contributed by atoms with E-state index in [1.165, 1.54) is 12.8 Å². The van der Waals surface area contributed by atoms with Crippen molar-refractivity contribution < 1.29 is 9.59 Å². The molecule has 0 N–H and O–H groups in total. The molecule has 0 aliphatic carbocycles. The Morgan fingerprint density at radius 2 is 2.00 bits per heavy atom. The largest absolute Gasteiger partial charge is 0.341 e. The lowest BCUT2D eigenvalue weighted by Crippen LogP contribution is -2.42. The maximum Gasteiger partial charge on any atom is 0.255 e. The Hall–Kier alpha value is -1.95. The maximum absolute atomic E-state index is 13.3. The highest BCUT2D eigenvalue weighted by Gasteiger charge is 2.55. The Kier molecular flexibility index (Phi) is 4.93. The van der Waals surface area contributed by atoms with E-state index in [0.29, 0.717) is 18.7 Å². The van der Waals surface area contributed by atoms with Crippen LogP contribution in [0.15, 0.2) is 18.3 Å². The average Bonchev–Trinajstić information content (AvgIpc) is 3.36. The van der Waals surface area contributed by atoms with Crippen LogP contribution in [0.5, 0.6) is 0 Å². The zero-order valence-electron chi connectivity index (χ0n) is 16.5. The molecule has 6 heteroatoms. The van der Waals surface area contributed by atoms with Gasteiger partial charge in [0, 0.05) is 44.6 Å². The monoisotopic (exact) mass is 370 g/mol. The minimum atomic E-state index is -0.390. The van der Waals surface area contributed by atoms with E-state index in [-0.39, 0.29) is 17.7 Å². The summed E-state index contributed by atoms with van der Waals surface area (Å²) < 4.78 is 0. The molecule has 2 atom stereocenters. The average molecular weight is 370 g/mol. The smallest absolute Gasteiger partial charge is 0.255 e. The summed E-state index contributed by atoms with van der Waals surface area (Å²) in [6, 6.07) is 3.70. The van der Waals surface area contributed by atoms with Crippen LogP contribution in [0.25, 0.3) is 0 Å².